The van der Waals surface area contributed by atoms with E-state index in [-0.39, 0.29) is 52.6 Å². The Kier molecular flexibility index (Phi) is 13.2. The fraction of sp³-hybridized carbons (Fsp3) is 0.936. The molecular formula is C47H76O17. The van der Waals surface area contributed by atoms with E-state index >= 15 is 0 Å². The first-order valence-electron chi connectivity index (χ1n) is 23.7. The van der Waals surface area contributed by atoms with Crippen LogP contribution < -0.4 is 0 Å². The van der Waals surface area contributed by atoms with Gasteiger partial charge in [-0.3, -0.25) is 4.79 Å². The molecular weight excluding hydrogens is 837 g/mol. The minimum absolute atomic E-state index is 0.00483. The van der Waals surface area contributed by atoms with E-state index in [2.05, 4.69) is 40.7 Å². The van der Waals surface area contributed by atoms with Crippen LogP contribution in [0.3, 0.4) is 0 Å². The zero-order chi connectivity index (χ0) is 46.7. The third-order valence-corrected chi connectivity index (χ3v) is 19.1. The molecule has 23 atom stereocenters. The maximum atomic E-state index is 13.1. The number of aliphatic hydroxyl groups is 9. The maximum Gasteiger partial charge on any atom is 0.310 e. The molecule has 0 bridgehead atoms. The summed E-state index contributed by atoms with van der Waals surface area (Å²) in [6, 6.07) is 0. The van der Waals surface area contributed by atoms with Crippen molar-refractivity contribution in [1.82, 2.24) is 0 Å². The smallest absolute Gasteiger partial charge is 0.310 e. The lowest BCUT2D eigenvalue weighted by Crippen LogP contribution is -2.67. The molecule has 0 amide bonds. The summed E-state index contributed by atoms with van der Waals surface area (Å²) in [5, 5.41) is 108. The van der Waals surface area contributed by atoms with Crippen molar-refractivity contribution in [3.63, 3.8) is 0 Å². The van der Waals surface area contributed by atoms with E-state index in [1.165, 1.54) is 12.5 Å². The van der Waals surface area contributed by atoms with E-state index in [0.717, 1.165) is 44.9 Å². The molecule has 366 valence electrons. The van der Waals surface area contributed by atoms with Crippen LogP contribution in [-0.2, 0) is 33.2 Å². The van der Waals surface area contributed by atoms with Gasteiger partial charge in [0.2, 0.25) is 0 Å². The lowest BCUT2D eigenvalue weighted by atomic mass is 9.33. The number of carboxylic acid groups (broad SMARTS) is 1. The van der Waals surface area contributed by atoms with Crippen molar-refractivity contribution in [2.75, 3.05) is 19.8 Å². The van der Waals surface area contributed by atoms with E-state index < -0.39 is 116 Å². The number of allylic oxidation sites excluding steroid dienone is 2. The van der Waals surface area contributed by atoms with Gasteiger partial charge in [0, 0.05) is 5.41 Å². The number of hydrogen-bond acceptors (Lipinski definition) is 16. The molecule has 0 aromatic heterocycles. The monoisotopic (exact) mass is 913 g/mol. The van der Waals surface area contributed by atoms with Crippen molar-refractivity contribution >= 4 is 5.97 Å². The molecule has 0 radical (unpaired) electrons. The average Bonchev–Trinajstić information content (AvgIpc) is 3.24. The van der Waals surface area contributed by atoms with Crippen LogP contribution in [0.4, 0.5) is 0 Å². The van der Waals surface area contributed by atoms with E-state index in [9.17, 15) is 55.9 Å². The number of carbonyl (C=O) groups is 1. The highest BCUT2D eigenvalue weighted by molar-refractivity contribution is 5.76. The number of hydrogen-bond donors (Lipinski definition) is 10. The second-order valence-corrected chi connectivity index (χ2v) is 22.9. The second-order valence-electron chi connectivity index (χ2n) is 22.9. The zero-order valence-corrected chi connectivity index (χ0v) is 38.5. The Morgan fingerprint density at radius 1 is 0.719 bits per heavy atom. The lowest BCUT2D eigenvalue weighted by Gasteiger charge is -2.71. The number of rotatable bonds is 9. The van der Waals surface area contributed by atoms with E-state index in [0.29, 0.717) is 19.3 Å². The summed E-state index contributed by atoms with van der Waals surface area (Å²) in [4.78, 5) is 13.1. The predicted molar refractivity (Wildman–Crippen MR) is 225 cm³/mol. The average molecular weight is 913 g/mol. The summed E-state index contributed by atoms with van der Waals surface area (Å²) >= 11 is 0. The highest BCUT2D eigenvalue weighted by Crippen LogP contribution is 2.76. The molecule has 4 saturated carbocycles. The van der Waals surface area contributed by atoms with Gasteiger partial charge in [-0.2, -0.15) is 0 Å². The first kappa shape index (κ1) is 49.0. The molecule has 0 aromatic carbocycles. The molecule has 3 heterocycles. The number of aliphatic hydroxyl groups excluding tert-OH is 9. The fourth-order valence-electron chi connectivity index (χ4n) is 14.8. The number of carboxylic acids is 1. The molecule has 3 aliphatic heterocycles. The van der Waals surface area contributed by atoms with Crippen molar-refractivity contribution < 1.29 is 84.3 Å². The summed E-state index contributed by atoms with van der Waals surface area (Å²) in [6.45, 7) is 14.0. The summed E-state index contributed by atoms with van der Waals surface area (Å²) in [7, 11) is 0. The minimum Gasteiger partial charge on any atom is -0.481 e. The first-order chi connectivity index (χ1) is 29.9. The van der Waals surface area contributed by atoms with Gasteiger partial charge in [0.05, 0.1) is 37.4 Å². The molecule has 0 unspecified atom stereocenters. The molecule has 0 aromatic rings. The van der Waals surface area contributed by atoms with Crippen LogP contribution in [-0.4, -0.2) is 169 Å². The zero-order valence-electron chi connectivity index (χ0n) is 38.5. The Bertz CT molecular complexity index is 1750. The summed E-state index contributed by atoms with van der Waals surface area (Å²) in [5.74, 6) is -0.403. The standard InChI is InChI=1S/C47H76O17/c1-22-30(51)32(53)34(55)38(60-22)63-36-26(19-48)61-39(35(56)33(36)54)64-37-31(52)25(50)20-59-40(37)62-29-11-12-43(4)27(44(29,5)21-49)10-13-46(7)28(43)9-8-23-24-18-42(2,3)14-16-47(24,41(57)58)17-15-45(23,46)6/h8,22,24-40,48-56H,9-21H2,1-7H3,(H,57,58)/t22-,24-,25-,26+,27+,28+,29-,30-,31-,32+,33+,34+,35+,36+,37+,38-,39+,40-,43-,44-,45+,46+,47-/m0/s1. The van der Waals surface area contributed by atoms with Crippen LogP contribution in [0.5, 0.6) is 0 Å². The number of aliphatic carboxylic acids is 1. The highest BCUT2D eigenvalue weighted by Gasteiger charge is 2.70. The quantitative estimate of drug-likeness (QED) is 0.116. The van der Waals surface area contributed by atoms with Gasteiger partial charge < -0.3 is 79.5 Å². The fourth-order valence-corrected chi connectivity index (χ4v) is 14.8. The largest absolute Gasteiger partial charge is 0.481 e. The van der Waals surface area contributed by atoms with Crippen molar-refractivity contribution in [2.45, 2.75) is 205 Å². The molecule has 17 heteroatoms. The van der Waals surface area contributed by atoms with Gasteiger partial charge in [-0.05, 0) is 111 Å². The minimum atomic E-state index is -1.87. The Morgan fingerprint density at radius 3 is 2.05 bits per heavy atom. The Hall–Kier alpha value is -1.39. The van der Waals surface area contributed by atoms with Gasteiger partial charge in [-0.15, -0.1) is 0 Å². The van der Waals surface area contributed by atoms with Gasteiger partial charge in [0.25, 0.3) is 0 Å². The third kappa shape index (κ3) is 7.49. The highest BCUT2D eigenvalue weighted by atomic mass is 16.8. The Labute approximate surface area is 376 Å². The SMILES string of the molecule is C[C@@H]1O[C@@H](O[C@H]2[C@H](O)[C@@H](O)[C@@H](O[C@H]3[C@H](O[C@H]4CC[C@@]5(C)[C@@H](CC[C@]6(C)[C@@H]5CC=C5[C@@H]7CC(C)(C)CC[C@]7(C(=O)O)CC[C@]56C)[C@]4(C)CO)OC[C@H](O)[C@@H]3O)O[C@@H]2CO)[C@H](O)[C@H](O)[C@H]1O. The van der Waals surface area contributed by atoms with Crippen LogP contribution in [0, 0.1) is 50.2 Å². The van der Waals surface area contributed by atoms with E-state index in [1.54, 1.807) is 0 Å². The topological polar surface area (TPSA) is 275 Å². The maximum absolute atomic E-state index is 13.1. The van der Waals surface area contributed by atoms with Crippen molar-refractivity contribution in [3.05, 3.63) is 11.6 Å². The summed E-state index contributed by atoms with van der Waals surface area (Å²) < 4.78 is 36.0. The molecule has 5 aliphatic carbocycles. The van der Waals surface area contributed by atoms with Gasteiger partial charge in [-0.25, -0.2) is 0 Å². The van der Waals surface area contributed by atoms with Gasteiger partial charge in [0.1, 0.15) is 61.0 Å². The Balaban J connectivity index is 1.00. The molecule has 0 spiro atoms. The summed E-state index contributed by atoms with van der Waals surface area (Å²) in [5.41, 5.74) is -0.630. The van der Waals surface area contributed by atoms with Crippen molar-refractivity contribution in [3.8, 4) is 0 Å². The van der Waals surface area contributed by atoms with Crippen LogP contribution >= 0.6 is 0 Å². The molecule has 3 saturated heterocycles. The van der Waals surface area contributed by atoms with Crippen molar-refractivity contribution in [1.29, 1.82) is 0 Å². The van der Waals surface area contributed by atoms with Crippen LogP contribution in [0.15, 0.2) is 11.6 Å². The second kappa shape index (κ2) is 17.2. The van der Waals surface area contributed by atoms with Crippen LogP contribution in [0.1, 0.15) is 113 Å². The number of ether oxygens (including phenoxy) is 6. The summed E-state index contributed by atoms with van der Waals surface area (Å²) in [6.07, 6.45) is -11.9. The molecule has 17 nitrogen and oxygen atoms in total. The molecule has 64 heavy (non-hydrogen) atoms. The normalized spacial score (nSPS) is 55.0. The third-order valence-electron chi connectivity index (χ3n) is 19.1. The molecule has 7 fully saturated rings. The predicted octanol–water partition coefficient (Wildman–Crippen LogP) is 1.35. The first-order valence-corrected chi connectivity index (χ1v) is 23.7. The van der Waals surface area contributed by atoms with Crippen molar-refractivity contribution in [2.24, 2.45) is 50.2 Å². The number of fused-ring (bicyclic) bond motifs is 7. The van der Waals surface area contributed by atoms with Gasteiger partial charge in [0.15, 0.2) is 18.9 Å². The van der Waals surface area contributed by atoms with Crippen LogP contribution in [0.25, 0.3) is 0 Å². The van der Waals surface area contributed by atoms with E-state index in [4.69, 9.17) is 28.4 Å². The van der Waals surface area contributed by atoms with Crippen LogP contribution in [0.2, 0.25) is 0 Å². The molecule has 8 aliphatic rings. The molecule has 8 rings (SSSR count). The van der Waals surface area contributed by atoms with E-state index in [1.807, 2.05) is 6.92 Å². The van der Waals surface area contributed by atoms with Gasteiger partial charge in [-0.1, -0.05) is 53.2 Å². The van der Waals surface area contributed by atoms with Gasteiger partial charge >= 0.3 is 5.97 Å². The lowest BCUT2D eigenvalue weighted by molar-refractivity contribution is -0.383. The molecule has 10 N–H and O–H groups in total. The Morgan fingerprint density at radius 2 is 1.38 bits per heavy atom.